The number of aliphatic imine (C=N–C) groups is 1. The summed E-state index contributed by atoms with van der Waals surface area (Å²) in [4.78, 5) is 32.5. The molecule has 0 unspecified atom stereocenters. The minimum absolute atomic E-state index is 0.137. The highest BCUT2D eigenvalue weighted by atomic mass is 32.2. The molecule has 8 nitrogen and oxygen atoms in total. The lowest BCUT2D eigenvalue weighted by molar-refractivity contribution is -0.141. The Labute approximate surface area is 215 Å². The van der Waals surface area contributed by atoms with Gasteiger partial charge in [0.2, 0.25) is 5.91 Å². The van der Waals surface area contributed by atoms with Crippen molar-refractivity contribution in [3.8, 4) is 5.75 Å². The molecule has 1 amide bonds. The van der Waals surface area contributed by atoms with E-state index in [0.717, 1.165) is 22.2 Å². The van der Waals surface area contributed by atoms with Crippen LogP contribution in [0, 0.1) is 0 Å². The van der Waals surface area contributed by atoms with E-state index in [2.05, 4.69) is 10.3 Å². The SMILES string of the molecule is COCCOC(=O)C1=C(C)N=C2SC=C(CC(=O)NCCOc3ccccc3)N2[C@@H]1c1ccccc1. The monoisotopic (exact) mass is 507 g/mol. The van der Waals surface area contributed by atoms with Crippen molar-refractivity contribution >= 4 is 28.8 Å². The van der Waals surface area contributed by atoms with E-state index in [1.54, 1.807) is 7.11 Å². The summed E-state index contributed by atoms with van der Waals surface area (Å²) in [5.74, 6) is 0.177. The average Bonchev–Trinajstić information content (AvgIpc) is 3.28. The Morgan fingerprint density at radius 1 is 1.03 bits per heavy atom. The van der Waals surface area contributed by atoms with Gasteiger partial charge in [-0.05, 0) is 30.0 Å². The van der Waals surface area contributed by atoms with Gasteiger partial charge in [0, 0.05) is 12.8 Å². The molecule has 2 aromatic rings. The molecule has 2 aliphatic rings. The topological polar surface area (TPSA) is 89.5 Å². The fraction of sp³-hybridized carbons (Fsp3) is 0.296. The van der Waals surface area contributed by atoms with Gasteiger partial charge in [-0.3, -0.25) is 4.79 Å². The second-order valence-corrected chi connectivity index (χ2v) is 8.96. The van der Waals surface area contributed by atoms with Gasteiger partial charge in [-0.1, -0.05) is 60.3 Å². The van der Waals surface area contributed by atoms with Crippen LogP contribution < -0.4 is 10.1 Å². The maximum absolute atomic E-state index is 13.1. The summed E-state index contributed by atoms with van der Waals surface area (Å²) >= 11 is 1.44. The van der Waals surface area contributed by atoms with E-state index in [0.29, 0.717) is 31.0 Å². The molecule has 2 aliphatic heterocycles. The van der Waals surface area contributed by atoms with Gasteiger partial charge in [0.05, 0.1) is 36.9 Å². The molecule has 1 atom stereocenters. The van der Waals surface area contributed by atoms with Gasteiger partial charge < -0.3 is 24.4 Å². The predicted octanol–water partition coefficient (Wildman–Crippen LogP) is 4.04. The van der Waals surface area contributed by atoms with Crippen LogP contribution in [0.3, 0.4) is 0 Å². The van der Waals surface area contributed by atoms with Crippen LogP contribution in [0.2, 0.25) is 0 Å². The van der Waals surface area contributed by atoms with E-state index >= 15 is 0 Å². The lowest BCUT2D eigenvalue weighted by Gasteiger charge is -2.36. The molecule has 0 saturated heterocycles. The smallest absolute Gasteiger partial charge is 0.338 e. The number of nitrogens with one attached hydrogen (secondary N) is 1. The molecule has 0 aromatic heterocycles. The molecule has 0 aliphatic carbocycles. The van der Waals surface area contributed by atoms with Gasteiger partial charge in [0.1, 0.15) is 19.0 Å². The van der Waals surface area contributed by atoms with Crippen LogP contribution in [-0.4, -0.2) is 55.4 Å². The first-order valence-corrected chi connectivity index (χ1v) is 12.6. The highest BCUT2D eigenvalue weighted by molar-refractivity contribution is 8.16. The molecule has 36 heavy (non-hydrogen) atoms. The minimum Gasteiger partial charge on any atom is -0.492 e. The highest BCUT2D eigenvalue weighted by Gasteiger charge is 2.41. The summed E-state index contributed by atoms with van der Waals surface area (Å²) < 4.78 is 16.1. The van der Waals surface area contributed by atoms with E-state index < -0.39 is 12.0 Å². The number of fused-ring (bicyclic) bond motifs is 1. The molecule has 2 heterocycles. The number of para-hydroxylation sites is 1. The normalized spacial score (nSPS) is 16.7. The van der Waals surface area contributed by atoms with Crippen LogP contribution in [0.5, 0.6) is 5.75 Å². The lowest BCUT2D eigenvalue weighted by atomic mass is 9.94. The number of amides is 1. The molecule has 0 saturated carbocycles. The summed E-state index contributed by atoms with van der Waals surface area (Å²) in [7, 11) is 1.56. The van der Waals surface area contributed by atoms with Crippen molar-refractivity contribution in [3.63, 3.8) is 0 Å². The summed E-state index contributed by atoms with van der Waals surface area (Å²) in [6, 6.07) is 18.7. The first-order valence-electron chi connectivity index (χ1n) is 11.7. The van der Waals surface area contributed by atoms with Gasteiger partial charge in [0.25, 0.3) is 0 Å². The number of methoxy groups -OCH3 is 1. The molecule has 0 spiro atoms. The van der Waals surface area contributed by atoms with E-state index in [4.69, 9.17) is 14.2 Å². The van der Waals surface area contributed by atoms with Gasteiger partial charge in [-0.25, -0.2) is 9.79 Å². The number of hydrogen-bond acceptors (Lipinski definition) is 8. The van der Waals surface area contributed by atoms with Crippen molar-refractivity contribution in [1.82, 2.24) is 10.2 Å². The Morgan fingerprint density at radius 3 is 2.47 bits per heavy atom. The number of nitrogens with zero attached hydrogens (tertiary/aromatic N) is 2. The van der Waals surface area contributed by atoms with Gasteiger partial charge in [-0.2, -0.15) is 0 Å². The van der Waals surface area contributed by atoms with Gasteiger partial charge in [-0.15, -0.1) is 0 Å². The molecular weight excluding hydrogens is 478 g/mol. The number of thioether (sulfide) groups is 1. The number of carbonyl (C=O) groups excluding carboxylic acids is 2. The van der Waals surface area contributed by atoms with Crippen molar-refractivity contribution < 1.29 is 23.8 Å². The zero-order valence-corrected chi connectivity index (χ0v) is 21.1. The Hall–Kier alpha value is -3.56. The summed E-state index contributed by atoms with van der Waals surface area (Å²) in [6.45, 7) is 3.01. The third-order valence-electron chi connectivity index (χ3n) is 5.63. The standard InChI is InChI=1S/C27H29N3O5S/c1-19-24(26(32)35-16-15-33-2)25(20-9-5-3-6-10-20)30-21(18-36-27(30)29-19)17-23(31)28-13-14-34-22-11-7-4-8-12-22/h3-12,18,25H,13-17H2,1-2H3,(H,28,31)/t25-/m1/s1. The molecule has 1 N–H and O–H groups in total. The van der Waals surface area contributed by atoms with Crippen LogP contribution >= 0.6 is 11.8 Å². The second-order valence-electron chi connectivity index (χ2n) is 8.12. The van der Waals surface area contributed by atoms with E-state index in [9.17, 15) is 9.59 Å². The van der Waals surface area contributed by atoms with Crippen LogP contribution in [0.25, 0.3) is 0 Å². The number of benzene rings is 2. The van der Waals surface area contributed by atoms with Crippen molar-refractivity contribution in [2.24, 2.45) is 4.99 Å². The Bertz CT molecular complexity index is 1160. The number of carbonyl (C=O) groups is 2. The van der Waals surface area contributed by atoms with Crippen LogP contribution in [0.1, 0.15) is 24.9 Å². The molecule has 0 bridgehead atoms. The van der Waals surface area contributed by atoms with Crippen molar-refractivity contribution in [2.45, 2.75) is 19.4 Å². The van der Waals surface area contributed by atoms with Crippen LogP contribution in [-0.2, 0) is 19.1 Å². The van der Waals surface area contributed by atoms with Gasteiger partial charge in [0.15, 0.2) is 5.17 Å². The lowest BCUT2D eigenvalue weighted by Crippen LogP contribution is -2.38. The Kier molecular flexibility index (Phi) is 8.80. The fourth-order valence-corrected chi connectivity index (χ4v) is 4.94. The number of amidine groups is 1. The maximum Gasteiger partial charge on any atom is 0.338 e. The van der Waals surface area contributed by atoms with Crippen molar-refractivity contribution in [2.75, 3.05) is 33.5 Å². The highest BCUT2D eigenvalue weighted by Crippen LogP contribution is 2.44. The van der Waals surface area contributed by atoms with E-state index in [1.165, 1.54) is 11.8 Å². The zero-order valence-electron chi connectivity index (χ0n) is 20.3. The number of ether oxygens (including phenoxy) is 3. The number of rotatable bonds is 11. The minimum atomic E-state index is -0.454. The van der Waals surface area contributed by atoms with Crippen molar-refractivity contribution in [1.29, 1.82) is 0 Å². The largest absolute Gasteiger partial charge is 0.492 e. The third-order valence-corrected chi connectivity index (χ3v) is 6.52. The number of allylic oxidation sites excluding steroid dienone is 1. The molecule has 4 rings (SSSR count). The zero-order chi connectivity index (χ0) is 25.3. The molecule has 188 valence electrons. The maximum atomic E-state index is 13.1. The van der Waals surface area contributed by atoms with E-state index in [-0.39, 0.29) is 18.9 Å². The quantitative estimate of drug-likeness (QED) is 0.363. The molecule has 0 radical (unpaired) electrons. The Balaban J connectivity index is 1.46. The van der Waals surface area contributed by atoms with Gasteiger partial charge >= 0.3 is 5.97 Å². The summed E-state index contributed by atoms with van der Waals surface area (Å²) in [5.41, 5.74) is 2.73. The third kappa shape index (κ3) is 6.16. The molecule has 2 aromatic carbocycles. The first kappa shape index (κ1) is 25.5. The van der Waals surface area contributed by atoms with E-state index in [1.807, 2.05) is 77.9 Å². The van der Waals surface area contributed by atoms with Crippen LogP contribution in [0.15, 0.2) is 88.0 Å². The molecular formula is C27H29N3O5S. The number of esters is 1. The molecule has 0 fully saturated rings. The van der Waals surface area contributed by atoms with Crippen LogP contribution in [0.4, 0.5) is 0 Å². The van der Waals surface area contributed by atoms with Crippen molar-refractivity contribution in [3.05, 3.63) is 88.6 Å². The fourth-order valence-electron chi connectivity index (χ4n) is 3.98. The second kappa shape index (κ2) is 12.4. The Morgan fingerprint density at radius 2 is 1.75 bits per heavy atom. The number of hydrogen-bond donors (Lipinski definition) is 1. The summed E-state index contributed by atoms with van der Waals surface area (Å²) in [6.07, 6.45) is 0.145. The first-order chi connectivity index (χ1) is 17.6. The average molecular weight is 508 g/mol. The summed E-state index contributed by atoms with van der Waals surface area (Å²) in [5, 5.41) is 5.55. The predicted molar refractivity (Wildman–Crippen MR) is 139 cm³/mol. The molecule has 9 heteroatoms.